The third-order valence-electron chi connectivity index (χ3n) is 2.66. The molecule has 0 spiro atoms. The van der Waals surface area contributed by atoms with Gasteiger partial charge >= 0.3 is 118 Å². The van der Waals surface area contributed by atoms with E-state index in [9.17, 15) is 9.59 Å². The zero-order valence-electron chi connectivity index (χ0n) is 9.50. The van der Waals surface area contributed by atoms with Crippen molar-refractivity contribution >= 4 is 57.7 Å². The van der Waals surface area contributed by atoms with Gasteiger partial charge in [0.2, 0.25) is 0 Å². The van der Waals surface area contributed by atoms with E-state index in [0.717, 1.165) is 20.9 Å². The second kappa shape index (κ2) is 4.78. The number of halogens is 1. The minimum atomic E-state index is -1.24. The maximum absolute atomic E-state index is 11.5. The number of nitrogens with one attached hydrogen (secondary N) is 1. The first-order chi connectivity index (χ1) is 8.41. The molecule has 0 aliphatic rings. The van der Waals surface area contributed by atoms with Crippen molar-refractivity contribution in [2.24, 2.45) is 11.5 Å². The number of aromatic amines is 1. The van der Waals surface area contributed by atoms with Gasteiger partial charge in [0.1, 0.15) is 0 Å². The first-order valence-corrected chi connectivity index (χ1v) is 7.98. The van der Waals surface area contributed by atoms with Crippen LogP contribution < -0.4 is 15.9 Å². The molecule has 0 saturated carbocycles. The van der Waals surface area contributed by atoms with Gasteiger partial charge in [-0.25, -0.2) is 0 Å². The summed E-state index contributed by atoms with van der Waals surface area (Å²) in [7, 11) is 0. The Morgan fingerprint density at radius 2 is 2.00 bits per heavy atom. The summed E-state index contributed by atoms with van der Waals surface area (Å²) in [6.45, 7) is 1.92. The average molecular weight is 372 g/mol. The number of amides is 2. The molecule has 1 aromatic carbocycles. The molecule has 1 heterocycles. The molecule has 0 aliphatic carbocycles. The van der Waals surface area contributed by atoms with E-state index < -0.39 is 21.7 Å². The van der Waals surface area contributed by atoms with E-state index in [1.54, 1.807) is 6.07 Å². The normalized spacial score (nSPS) is 11.4. The number of rotatable bonds is 3. The molecule has 5 N–H and O–H groups in total. The predicted octanol–water partition coefficient (Wildman–Crippen LogP) is 0.478. The average Bonchev–Trinajstić information content (AvgIpc) is 2.61. The van der Waals surface area contributed by atoms with Crippen molar-refractivity contribution in [2.75, 3.05) is 0 Å². The number of aromatic nitrogens is 1. The number of hydrogen-bond donors (Lipinski definition) is 3. The van der Waals surface area contributed by atoms with Gasteiger partial charge in [-0.3, -0.25) is 0 Å². The Kier molecular flexibility index (Phi) is 3.50. The molecule has 2 amide bonds. The molecule has 2 aromatic rings. The number of H-pyrrole nitrogens is 1. The Labute approximate surface area is 118 Å². The maximum atomic E-state index is 11.5. The van der Waals surface area contributed by atoms with Gasteiger partial charge in [-0.15, -0.1) is 0 Å². The monoisotopic (exact) mass is 371 g/mol. The number of benzene rings is 1. The summed E-state index contributed by atoms with van der Waals surface area (Å²) in [5, 5.41) is 0.739. The van der Waals surface area contributed by atoms with Crippen molar-refractivity contribution < 1.29 is 9.59 Å². The summed E-state index contributed by atoms with van der Waals surface area (Å²) in [5.74, 6) is -0.539. The molecule has 1 aromatic heterocycles. The SMILES string of the molecule is Cc1c(Br)ccc2c(C(N)=O)c([AsH]C(N)=O)[nH]c12. The molecule has 5 nitrogen and oxygen atoms in total. The van der Waals surface area contributed by atoms with E-state index >= 15 is 0 Å². The van der Waals surface area contributed by atoms with Crippen molar-refractivity contribution in [1.29, 1.82) is 0 Å². The molecule has 0 fully saturated rings. The standard InChI is InChI=1S/C11H11AsBrN3O2/c1-4-6(13)3-2-5-7(10(14)17)9(12-11(15)18)16-8(4)5/h2-3,12,16H,1H3,(H2,14,17)(H2,15,18). The number of nitrogens with two attached hydrogens (primary N) is 2. The Morgan fingerprint density at radius 3 is 2.56 bits per heavy atom. The number of carbonyl (C=O) groups excluding carboxylic acids is 2. The van der Waals surface area contributed by atoms with E-state index in [4.69, 9.17) is 11.5 Å². The van der Waals surface area contributed by atoms with Crippen molar-refractivity contribution in [1.82, 2.24) is 4.98 Å². The second-order valence-electron chi connectivity index (χ2n) is 3.82. The molecule has 1 atom stereocenters. The number of fused-ring (bicyclic) bond motifs is 1. The fourth-order valence-corrected chi connectivity index (χ4v) is 3.89. The molecule has 18 heavy (non-hydrogen) atoms. The van der Waals surface area contributed by atoms with Crippen LogP contribution in [0.3, 0.4) is 0 Å². The van der Waals surface area contributed by atoms with E-state index in [-0.39, 0.29) is 4.69 Å². The first kappa shape index (κ1) is 13.2. The van der Waals surface area contributed by atoms with Crippen LogP contribution in [0.2, 0.25) is 0 Å². The predicted molar refractivity (Wildman–Crippen MR) is 75.6 cm³/mol. The van der Waals surface area contributed by atoms with Gasteiger partial charge in [0.25, 0.3) is 0 Å². The fourth-order valence-electron chi connectivity index (χ4n) is 1.85. The van der Waals surface area contributed by atoms with Gasteiger partial charge in [0, 0.05) is 0 Å². The van der Waals surface area contributed by atoms with Crippen LogP contribution >= 0.6 is 15.9 Å². The van der Waals surface area contributed by atoms with Crippen LogP contribution in [0, 0.1) is 6.92 Å². The Bertz CT molecular complexity index is 666. The van der Waals surface area contributed by atoms with Gasteiger partial charge in [0.15, 0.2) is 0 Å². The number of carbonyl (C=O) groups is 2. The molecule has 7 heteroatoms. The Balaban J connectivity index is 2.78. The van der Waals surface area contributed by atoms with Gasteiger partial charge in [0.05, 0.1) is 0 Å². The van der Waals surface area contributed by atoms with Crippen LogP contribution in [0.25, 0.3) is 10.9 Å². The number of hydrogen-bond acceptors (Lipinski definition) is 2. The number of primary amides is 2. The fraction of sp³-hybridized carbons (Fsp3) is 0.0909. The van der Waals surface area contributed by atoms with Crippen molar-refractivity contribution in [3.05, 3.63) is 27.7 Å². The van der Waals surface area contributed by atoms with Gasteiger partial charge in [-0.05, 0) is 0 Å². The van der Waals surface area contributed by atoms with E-state index in [0.29, 0.717) is 10.0 Å². The molecule has 0 radical (unpaired) electrons. The summed E-state index contributed by atoms with van der Waals surface area (Å²) in [5.41, 5.74) is 12.8. The minimum absolute atomic E-state index is 0.388. The summed E-state index contributed by atoms with van der Waals surface area (Å²) in [6.07, 6.45) is 0. The molecule has 1 unspecified atom stereocenters. The summed E-state index contributed by atoms with van der Waals surface area (Å²) >= 11 is 2.18. The second-order valence-corrected chi connectivity index (χ2v) is 7.29. The quantitative estimate of drug-likeness (QED) is 0.683. The molecule has 0 saturated heterocycles. The Morgan fingerprint density at radius 1 is 1.33 bits per heavy atom. The number of aryl methyl sites for hydroxylation is 1. The van der Waals surface area contributed by atoms with Crippen LogP contribution in [0.1, 0.15) is 15.9 Å². The topological polar surface area (TPSA) is 102 Å². The molecule has 0 bridgehead atoms. The zero-order valence-corrected chi connectivity index (χ0v) is 13.2. The van der Waals surface area contributed by atoms with Gasteiger partial charge in [-0.2, -0.15) is 0 Å². The molecular formula is C11H11AsBrN3O2. The van der Waals surface area contributed by atoms with E-state index in [1.807, 2.05) is 13.0 Å². The van der Waals surface area contributed by atoms with Gasteiger partial charge < -0.3 is 0 Å². The van der Waals surface area contributed by atoms with Crippen LogP contribution in [-0.2, 0) is 0 Å². The molecular weight excluding hydrogens is 361 g/mol. The van der Waals surface area contributed by atoms with Crippen molar-refractivity contribution in [3.63, 3.8) is 0 Å². The van der Waals surface area contributed by atoms with E-state index in [1.165, 1.54) is 0 Å². The third kappa shape index (κ3) is 2.18. The van der Waals surface area contributed by atoms with Crippen LogP contribution in [0.15, 0.2) is 16.6 Å². The van der Waals surface area contributed by atoms with Crippen LogP contribution in [0.5, 0.6) is 0 Å². The van der Waals surface area contributed by atoms with Gasteiger partial charge in [-0.1, -0.05) is 0 Å². The summed E-state index contributed by atoms with van der Waals surface area (Å²) in [6, 6.07) is 3.66. The molecule has 94 valence electrons. The zero-order chi connectivity index (χ0) is 13.4. The van der Waals surface area contributed by atoms with Crippen molar-refractivity contribution in [2.45, 2.75) is 6.92 Å². The van der Waals surface area contributed by atoms with Crippen LogP contribution in [0.4, 0.5) is 4.79 Å². The third-order valence-corrected chi connectivity index (χ3v) is 5.35. The van der Waals surface area contributed by atoms with Crippen LogP contribution in [-0.4, -0.2) is 31.3 Å². The van der Waals surface area contributed by atoms with E-state index in [2.05, 4.69) is 20.9 Å². The summed E-state index contributed by atoms with van der Waals surface area (Å²) in [4.78, 5) is 25.7. The first-order valence-electron chi connectivity index (χ1n) is 5.09. The summed E-state index contributed by atoms with van der Waals surface area (Å²) < 4.78 is 1.13. The molecule has 2 rings (SSSR count). The van der Waals surface area contributed by atoms with Crippen molar-refractivity contribution in [3.8, 4) is 0 Å². The molecule has 0 aliphatic heterocycles. The Hall–Kier alpha value is -1.26.